The van der Waals surface area contributed by atoms with E-state index < -0.39 is 5.97 Å². The van der Waals surface area contributed by atoms with Crippen LogP contribution in [0.2, 0.25) is 0 Å². The summed E-state index contributed by atoms with van der Waals surface area (Å²) in [5, 5.41) is 0. The summed E-state index contributed by atoms with van der Waals surface area (Å²) in [5.41, 5.74) is 1.59. The van der Waals surface area contributed by atoms with Crippen LogP contribution in [0.1, 0.15) is 18.7 Å². The number of benzene rings is 1. The third kappa shape index (κ3) is 3.01. The van der Waals surface area contributed by atoms with Gasteiger partial charge in [0, 0.05) is 17.3 Å². The maximum Gasteiger partial charge on any atom is 0.326 e. The molecule has 0 radical (unpaired) electrons. The number of ether oxygens (including phenoxy) is 1. The number of likely N-dealkylation sites (tertiary alicyclic amines) is 1. The van der Waals surface area contributed by atoms with Crippen molar-refractivity contribution in [3.63, 3.8) is 0 Å². The summed E-state index contributed by atoms with van der Waals surface area (Å²) in [5.74, 6) is -0.808. The molecule has 2 amide bonds. The molecular formula is C14H12BrN3O4. The van der Waals surface area contributed by atoms with Crippen molar-refractivity contribution in [2.75, 3.05) is 6.54 Å². The zero-order chi connectivity index (χ0) is 15.7. The van der Waals surface area contributed by atoms with E-state index >= 15 is 0 Å². The third-order valence-electron chi connectivity index (χ3n) is 3.30. The number of imidazole rings is 1. The number of carbonyl (C=O) groups is 3. The molecule has 114 valence electrons. The van der Waals surface area contributed by atoms with Crippen molar-refractivity contribution in [2.24, 2.45) is 0 Å². The normalized spacial score (nSPS) is 14.9. The number of imide groups is 1. The molecule has 2 heterocycles. The van der Waals surface area contributed by atoms with Crippen LogP contribution >= 0.6 is 15.9 Å². The zero-order valence-corrected chi connectivity index (χ0v) is 13.1. The number of nitrogens with one attached hydrogen (secondary N) is 1. The number of carbonyl (C=O) groups excluding carboxylic acids is 3. The lowest BCUT2D eigenvalue weighted by atomic mass is 10.3. The summed E-state index contributed by atoms with van der Waals surface area (Å²) >= 11 is 3.36. The van der Waals surface area contributed by atoms with E-state index in [0.29, 0.717) is 5.82 Å². The van der Waals surface area contributed by atoms with Gasteiger partial charge in [-0.25, -0.2) is 4.98 Å². The van der Waals surface area contributed by atoms with E-state index in [1.807, 2.05) is 18.2 Å². The molecule has 0 aliphatic carbocycles. The van der Waals surface area contributed by atoms with Crippen LogP contribution in [-0.2, 0) is 25.7 Å². The number of nitrogens with zero attached hydrogens (tertiary/aromatic N) is 2. The maximum atomic E-state index is 11.7. The summed E-state index contributed by atoms with van der Waals surface area (Å²) in [4.78, 5) is 42.8. The van der Waals surface area contributed by atoms with Gasteiger partial charge in [0.05, 0.1) is 11.0 Å². The second-order valence-electron chi connectivity index (χ2n) is 4.88. The molecule has 1 aliphatic heterocycles. The van der Waals surface area contributed by atoms with E-state index in [1.54, 1.807) is 0 Å². The first-order valence-corrected chi connectivity index (χ1v) is 7.45. The largest absolute Gasteiger partial charge is 0.456 e. The Morgan fingerprint density at radius 1 is 1.32 bits per heavy atom. The van der Waals surface area contributed by atoms with E-state index in [2.05, 4.69) is 25.9 Å². The fourth-order valence-electron chi connectivity index (χ4n) is 2.23. The highest BCUT2D eigenvalue weighted by Gasteiger charge is 2.30. The molecule has 0 atom stereocenters. The standard InChI is InChI=1S/C14H12BrN3O4/c15-8-1-2-9-10(5-8)17-11(16-9)7-22-14(21)6-18-12(19)3-4-13(18)20/h1-2,5H,3-4,6-7H2,(H,16,17). The predicted octanol–water partition coefficient (Wildman–Crippen LogP) is 1.52. The van der Waals surface area contributed by atoms with Crippen molar-refractivity contribution in [1.29, 1.82) is 0 Å². The SMILES string of the molecule is O=C(CN1C(=O)CCC1=O)OCc1nc2ccc(Br)cc2[nH]1. The van der Waals surface area contributed by atoms with Gasteiger partial charge in [-0.1, -0.05) is 15.9 Å². The topological polar surface area (TPSA) is 92.4 Å². The number of aromatic amines is 1. The van der Waals surface area contributed by atoms with Gasteiger partial charge in [0.1, 0.15) is 19.0 Å². The maximum absolute atomic E-state index is 11.7. The summed E-state index contributed by atoms with van der Waals surface area (Å²) < 4.78 is 5.97. The molecule has 1 aromatic carbocycles. The van der Waals surface area contributed by atoms with Crippen molar-refractivity contribution >= 4 is 44.7 Å². The molecule has 0 saturated carbocycles. The van der Waals surface area contributed by atoms with Crippen LogP contribution in [0.15, 0.2) is 22.7 Å². The number of rotatable bonds is 4. The highest BCUT2D eigenvalue weighted by Crippen LogP contribution is 2.18. The highest BCUT2D eigenvalue weighted by molar-refractivity contribution is 9.10. The highest BCUT2D eigenvalue weighted by atomic mass is 79.9. The van der Waals surface area contributed by atoms with Gasteiger partial charge in [0.25, 0.3) is 0 Å². The molecule has 22 heavy (non-hydrogen) atoms. The predicted molar refractivity (Wildman–Crippen MR) is 79.5 cm³/mol. The summed E-state index contributed by atoms with van der Waals surface area (Å²) in [6.07, 6.45) is 0.315. The van der Waals surface area contributed by atoms with Gasteiger partial charge in [0.2, 0.25) is 11.8 Å². The molecule has 0 unspecified atom stereocenters. The average Bonchev–Trinajstić information content (AvgIpc) is 3.02. The molecule has 1 N–H and O–H groups in total. The first kappa shape index (κ1) is 14.7. The number of esters is 1. The fraction of sp³-hybridized carbons (Fsp3) is 0.286. The Balaban J connectivity index is 1.60. The smallest absolute Gasteiger partial charge is 0.326 e. The van der Waals surface area contributed by atoms with E-state index in [1.165, 1.54) is 0 Å². The van der Waals surface area contributed by atoms with Gasteiger partial charge in [-0.05, 0) is 18.2 Å². The monoisotopic (exact) mass is 365 g/mol. The number of amides is 2. The summed E-state index contributed by atoms with van der Waals surface area (Å²) in [7, 11) is 0. The molecule has 0 spiro atoms. The van der Waals surface area contributed by atoms with Crippen molar-refractivity contribution in [3.05, 3.63) is 28.5 Å². The second-order valence-corrected chi connectivity index (χ2v) is 5.79. The number of halogens is 1. The van der Waals surface area contributed by atoms with Crippen LogP contribution in [0.4, 0.5) is 0 Å². The van der Waals surface area contributed by atoms with Gasteiger partial charge in [-0.15, -0.1) is 0 Å². The second kappa shape index (κ2) is 5.88. The van der Waals surface area contributed by atoms with Crippen molar-refractivity contribution in [2.45, 2.75) is 19.4 Å². The molecule has 1 fully saturated rings. The minimum absolute atomic E-state index is 0.0403. The van der Waals surface area contributed by atoms with E-state index in [9.17, 15) is 14.4 Å². The number of hydrogen-bond donors (Lipinski definition) is 1. The third-order valence-corrected chi connectivity index (χ3v) is 3.80. The van der Waals surface area contributed by atoms with E-state index in [4.69, 9.17) is 4.74 Å². The fourth-order valence-corrected chi connectivity index (χ4v) is 2.59. The first-order chi connectivity index (χ1) is 10.5. The average molecular weight is 366 g/mol. The van der Waals surface area contributed by atoms with Gasteiger partial charge in [-0.3, -0.25) is 19.3 Å². The van der Waals surface area contributed by atoms with Crippen LogP contribution < -0.4 is 0 Å². The minimum Gasteiger partial charge on any atom is -0.456 e. The van der Waals surface area contributed by atoms with Crippen LogP contribution in [-0.4, -0.2) is 39.2 Å². The lowest BCUT2D eigenvalue weighted by Crippen LogP contribution is -2.35. The van der Waals surface area contributed by atoms with Crippen LogP contribution in [0, 0.1) is 0 Å². The lowest BCUT2D eigenvalue weighted by Gasteiger charge is -2.12. The Hall–Kier alpha value is -2.22. The van der Waals surface area contributed by atoms with Gasteiger partial charge >= 0.3 is 5.97 Å². The number of hydrogen-bond acceptors (Lipinski definition) is 5. The summed E-state index contributed by atoms with van der Waals surface area (Å²) in [6.45, 7) is -0.384. The first-order valence-electron chi connectivity index (χ1n) is 6.66. The molecule has 1 aliphatic rings. The van der Waals surface area contributed by atoms with Crippen molar-refractivity contribution in [3.8, 4) is 0 Å². The number of H-pyrrole nitrogens is 1. The Morgan fingerprint density at radius 3 is 2.77 bits per heavy atom. The summed E-state index contributed by atoms with van der Waals surface area (Å²) in [6, 6.07) is 5.57. The van der Waals surface area contributed by atoms with Crippen LogP contribution in [0.25, 0.3) is 11.0 Å². The molecule has 3 rings (SSSR count). The lowest BCUT2D eigenvalue weighted by molar-refractivity contribution is -0.153. The van der Waals surface area contributed by atoms with E-state index in [-0.39, 0.29) is 37.8 Å². The van der Waals surface area contributed by atoms with Crippen molar-refractivity contribution < 1.29 is 19.1 Å². The van der Waals surface area contributed by atoms with Gasteiger partial charge in [-0.2, -0.15) is 0 Å². The molecule has 2 aromatic rings. The molecule has 1 aromatic heterocycles. The Labute approximate surface area is 133 Å². The van der Waals surface area contributed by atoms with Gasteiger partial charge < -0.3 is 9.72 Å². The number of fused-ring (bicyclic) bond motifs is 1. The quantitative estimate of drug-likeness (QED) is 0.654. The number of aromatic nitrogens is 2. The van der Waals surface area contributed by atoms with Crippen LogP contribution in [0.3, 0.4) is 0 Å². The van der Waals surface area contributed by atoms with Crippen molar-refractivity contribution in [1.82, 2.24) is 14.9 Å². The molecule has 7 nitrogen and oxygen atoms in total. The Kier molecular flexibility index (Phi) is 3.93. The zero-order valence-electron chi connectivity index (χ0n) is 11.5. The molecule has 0 bridgehead atoms. The molecule has 8 heteroatoms. The minimum atomic E-state index is -0.634. The van der Waals surface area contributed by atoms with Crippen LogP contribution in [0.5, 0.6) is 0 Å². The van der Waals surface area contributed by atoms with E-state index in [0.717, 1.165) is 20.4 Å². The Bertz CT molecular complexity index is 755. The molecular weight excluding hydrogens is 354 g/mol. The van der Waals surface area contributed by atoms with Gasteiger partial charge in [0.15, 0.2) is 0 Å². The molecule has 1 saturated heterocycles. The Morgan fingerprint density at radius 2 is 2.05 bits per heavy atom.